The number of hydrogen-bond acceptors (Lipinski definition) is 3. The van der Waals surface area contributed by atoms with E-state index in [4.69, 9.17) is 0 Å². The number of likely N-dealkylation sites (N-methyl/N-ethyl adjacent to an activating group) is 1. The average molecular weight is 249 g/mol. The topological polar surface area (TPSA) is 57.8 Å². The average Bonchev–Trinajstić information content (AvgIpc) is 2.39. The summed E-state index contributed by atoms with van der Waals surface area (Å²) in [5.74, 6) is 1.37. The van der Waals surface area contributed by atoms with E-state index >= 15 is 0 Å². The lowest BCUT2D eigenvalue weighted by molar-refractivity contribution is 0.426. The molecule has 0 amide bonds. The maximum Gasteiger partial charge on any atom is 0.254 e. The molecule has 4 heteroatoms. The van der Waals surface area contributed by atoms with Gasteiger partial charge in [0.2, 0.25) is 0 Å². The number of aromatic nitrogens is 2. The molecule has 2 rings (SSSR count). The molecule has 0 spiro atoms. The third-order valence-corrected chi connectivity index (χ3v) is 3.86. The molecule has 2 N–H and O–H groups in total. The first-order valence-electron chi connectivity index (χ1n) is 6.96. The first-order chi connectivity index (χ1) is 8.72. The van der Waals surface area contributed by atoms with Crippen molar-refractivity contribution >= 4 is 0 Å². The Morgan fingerprint density at radius 1 is 1.33 bits per heavy atom. The highest BCUT2D eigenvalue weighted by molar-refractivity contribution is 5.18. The number of aromatic amines is 1. The molecule has 1 fully saturated rings. The molecule has 0 unspecified atom stereocenters. The normalized spacial score (nSPS) is 17.0. The molecule has 18 heavy (non-hydrogen) atoms. The first-order valence-corrected chi connectivity index (χ1v) is 6.96. The van der Waals surface area contributed by atoms with Gasteiger partial charge in [0.1, 0.15) is 5.82 Å². The van der Waals surface area contributed by atoms with Crippen LogP contribution in [-0.2, 0) is 6.42 Å². The van der Waals surface area contributed by atoms with Gasteiger partial charge in [0.15, 0.2) is 0 Å². The molecule has 0 aromatic carbocycles. The van der Waals surface area contributed by atoms with Crippen molar-refractivity contribution in [2.45, 2.75) is 51.4 Å². The van der Waals surface area contributed by atoms with Crippen molar-refractivity contribution in [2.24, 2.45) is 0 Å². The second kappa shape index (κ2) is 6.14. The molecule has 1 aromatic heterocycles. The van der Waals surface area contributed by atoms with Crippen LogP contribution in [0.2, 0.25) is 0 Å². The summed E-state index contributed by atoms with van der Waals surface area (Å²) in [6.07, 6.45) is 6.91. The summed E-state index contributed by atoms with van der Waals surface area (Å²) in [5, 5.41) is 3.07. The highest BCUT2D eigenvalue weighted by Crippen LogP contribution is 2.30. The Labute approximate surface area is 108 Å². The SMILES string of the molecule is CNCCc1c(C)nc(C2CCCCC2)[nH]c1=O. The molecule has 0 radical (unpaired) electrons. The Morgan fingerprint density at radius 3 is 2.67 bits per heavy atom. The Hall–Kier alpha value is -1.16. The van der Waals surface area contributed by atoms with Crippen molar-refractivity contribution in [3.05, 3.63) is 27.4 Å². The second-order valence-corrected chi connectivity index (χ2v) is 5.20. The van der Waals surface area contributed by atoms with Crippen molar-refractivity contribution in [3.63, 3.8) is 0 Å². The predicted molar refractivity (Wildman–Crippen MR) is 73.1 cm³/mol. The second-order valence-electron chi connectivity index (χ2n) is 5.20. The first kappa shape index (κ1) is 13.3. The molecule has 1 heterocycles. The zero-order chi connectivity index (χ0) is 13.0. The summed E-state index contributed by atoms with van der Waals surface area (Å²) in [7, 11) is 1.90. The fourth-order valence-electron chi connectivity index (χ4n) is 2.75. The van der Waals surface area contributed by atoms with Crippen LogP contribution in [0, 0.1) is 6.92 Å². The number of nitrogens with zero attached hydrogens (tertiary/aromatic N) is 1. The van der Waals surface area contributed by atoms with Gasteiger partial charge in [0.05, 0.1) is 0 Å². The number of rotatable bonds is 4. The molecule has 100 valence electrons. The summed E-state index contributed by atoms with van der Waals surface area (Å²) in [6.45, 7) is 2.76. The zero-order valence-corrected chi connectivity index (χ0v) is 11.4. The lowest BCUT2D eigenvalue weighted by Crippen LogP contribution is -2.24. The van der Waals surface area contributed by atoms with Gasteiger partial charge in [-0.3, -0.25) is 4.79 Å². The summed E-state index contributed by atoms with van der Waals surface area (Å²) >= 11 is 0. The zero-order valence-electron chi connectivity index (χ0n) is 11.4. The minimum atomic E-state index is 0.0540. The molecule has 1 aromatic rings. The maximum absolute atomic E-state index is 12.1. The summed E-state index contributed by atoms with van der Waals surface area (Å²) in [4.78, 5) is 19.7. The van der Waals surface area contributed by atoms with Crippen molar-refractivity contribution in [3.8, 4) is 0 Å². The van der Waals surface area contributed by atoms with E-state index in [0.29, 0.717) is 5.92 Å². The predicted octanol–water partition coefficient (Wildman–Crippen LogP) is 1.89. The van der Waals surface area contributed by atoms with Crippen LogP contribution in [0.5, 0.6) is 0 Å². The van der Waals surface area contributed by atoms with Crippen molar-refractivity contribution in [1.82, 2.24) is 15.3 Å². The van der Waals surface area contributed by atoms with Crippen molar-refractivity contribution in [2.75, 3.05) is 13.6 Å². The van der Waals surface area contributed by atoms with E-state index in [9.17, 15) is 4.79 Å². The highest BCUT2D eigenvalue weighted by atomic mass is 16.1. The van der Waals surface area contributed by atoms with E-state index in [1.54, 1.807) is 0 Å². The molecule has 0 atom stereocenters. The quantitative estimate of drug-likeness (QED) is 0.856. The van der Waals surface area contributed by atoms with Crippen LogP contribution in [0.4, 0.5) is 0 Å². The molecular formula is C14H23N3O. The number of H-pyrrole nitrogens is 1. The van der Waals surface area contributed by atoms with Gasteiger partial charge in [-0.1, -0.05) is 19.3 Å². The third-order valence-electron chi connectivity index (χ3n) is 3.86. The molecule has 0 bridgehead atoms. The van der Waals surface area contributed by atoms with Gasteiger partial charge in [0, 0.05) is 17.2 Å². The third kappa shape index (κ3) is 2.99. The maximum atomic E-state index is 12.1. The lowest BCUT2D eigenvalue weighted by Gasteiger charge is -2.21. The van der Waals surface area contributed by atoms with Crippen LogP contribution < -0.4 is 10.9 Å². The number of nitrogens with one attached hydrogen (secondary N) is 2. The lowest BCUT2D eigenvalue weighted by atomic mass is 9.88. The van der Waals surface area contributed by atoms with Crippen LogP contribution in [-0.4, -0.2) is 23.6 Å². The molecule has 1 aliphatic rings. The van der Waals surface area contributed by atoms with Gasteiger partial charge in [0.25, 0.3) is 5.56 Å². The van der Waals surface area contributed by atoms with Gasteiger partial charge in [-0.05, 0) is 39.8 Å². The Morgan fingerprint density at radius 2 is 2.06 bits per heavy atom. The van der Waals surface area contributed by atoms with Crippen LogP contribution in [0.3, 0.4) is 0 Å². The van der Waals surface area contributed by atoms with Crippen LogP contribution >= 0.6 is 0 Å². The van der Waals surface area contributed by atoms with E-state index in [1.165, 1.54) is 19.3 Å². The molecule has 0 aliphatic heterocycles. The van der Waals surface area contributed by atoms with Crippen molar-refractivity contribution in [1.29, 1.82) is 0 Å². The van der Waals surface area contributed by atoms with Crippen LogP contribution in [0.25, 0.3) is 0 Å². The molecule has 1 saturated carbocycles. The van der Waals surface area contributed by atoms with E-state index in [1.807, 2.05) is 14.0 Å². The smallest absolute Gasteiger partial charge is 0.254 e. The van der Waals surface area contributed by atoms with Gasteiger partial charge in [-0.25, -0.2) is 4.98 Å². The Balaban J connectivity index is 2.21. The largest absolute Gasteiger partial charge is 0.319 e. The van der Waals surface area contributed by atoms with Gasteiger partial charge in [-0.2, -0.15) is 0 Å². The number of hydrogen-bond donors (Lipinski definition) is 2. The van der Waals surface area contributed by atoms with Crippen LogP contribution in [0.15, 0.2) is 4.79 Å². The summed E-state index contributed by atoms with van der Waals surface area (Å²) in [5.41, 5.74) is 1.77. The van der Waals surface area contributed by atoms with E-state index in [0.717, 1.165) is 42.9 Å². The number of aryl methyl sites for hydroxylation is 1. The molecule has 1 aliphatic carbocycles. The summed E-state index contributed by atoms with van der Waals surface area (Å²) in [6, 6.07) is 0. The van der Waals surface area contributed by atoms with Crippen molar-refractivity contribution < 1.29 is 0 Å². The Kier molecular flexibility index (Phi) is 4.53. The molecule has 4 nitrogen and oxygen atoms in total. The van der Waals surface area contributed by atoms with E-state index < -0.39 is 0 Å². The standard InChI is InChI=1S/C14H23N3O/c1-10-12(8-9-15-2)14(18)17-13(16-10)11-6-4-3-5-7-11/h11,15H,3-9H2,1-2H3,(H,16,17,18). The van der Waals surface area contributed by atoms with E-state index in [2.05, 4.69) is 15.3 Å². The fraction of sp³-hybridized carbons (Fsp3) is 0.714. The minimum absolute atomic E-state index is 0.0540. The fourth-order valence-corrected chi connectivity index (χ4v) is 2.75. The van der Waals surface area contributed by atoms with Crippen LogP contribution in [0.1, 0.15) is 55.1 Å². The molecular weight excluding hydrogens is 226 g/mol. The minimum Gasteiger partial charge on any atom is -0.319 e. The summed E-state index contributed by atoms with van der Waals surface area (Å²) < 4.78 is 0. The van der Waals surface area contributed by atoms with Gasteiger partial charge in [-0.15, -0.1) is 0 Å². The highest BCUT2D eigenvalue weighted by Gasteiger charge is 2.19. The Bertz CT molecular complexity index is 447. The van der Waals surface area contributed by atoms with Gasteiger partial charge < -0.3 is 10.3 Å². The monoisotopic (exact) mass is 249 g/mol. The van der Waals surface area contributed by atoms with Gasteiger partial charge >= 0.3 is 0 Å². The van der Waals surface area contributed by atoms with E-state index in [-0.39, 0.29) is 5.56 Å². The molecule has 0 saturated heterocycles.